The number of rotatable bonds is 4. The molecule has 2 aromatic carbocycles. The van der Waals surface area contributed by atoms with Gasteiger partial charge < -0.3 is 11.1 Å². The zero-order chi connectivity index (χ0) is 21.3. The van der Waals surface area contributed by atoms with Crippen LogP contribution in [0.3, 0.4) is 0 Å². The molecule has 0 radical (unpaired) electrons. The molecule has 0 aliphatic carbocycles. The number of hydrogen-bond donors (Lipinski definition) is 2. The number of nitrogen functional groups attached to an aromatic ring is 1. The van der Waals surface area contributed by atoms with Gasteiger partial charge in [0.1, 0.15) is 5.69 Å². The van der Waals surface area contributed by atoms with E-state index in [4.69, 9.17) is 5.73 Å². The SMILES string of the molecule is Cc1nn(-c2ccccc2)c(N)c1N=C1NC(=O)/C(=C/c2ccc([N+](=O)[O-])cc2)S1. The van der Waals surface area contributed by atoms with Crippen LogP contribution in [0.2, 0.25) is 0 Å². The maximum atomic E-state index is 12.3. The van der Waals surface area contributed by atoms with E-state index in [1.807, 2.05) is 30.3 Å². The Balaban J connectivity index is 1.60. The summed E-state index contributed by atoms with van der Waals surface area (Å²) in [5.74, 6) is 0.0672. The minimum Gasteiger partial charge on any atom is -0.382 e. The van der Waals surface area contributed by atoms with Crippen LogP contribution in [-0.2, 0) is 4.79 Å². The number of nitro groups is 1. The molecule has 0 bridgehead atoms. The van der Waals surface area contributed by atoms with Crippen molar-refractivity contribution in [2.45, 2.75) is 6.92 Å². The second kappa shape index (κ2) is 7.84. The van der Waals surface area contributed by atoms with Gasteiger partial charge in [0, 0.05) is 12.1 Å². The van der Waals surface area contributed by atoms with Crippen molar-refractivity contribution in [3.8, 4) is 5.69 Å². The number of benzene rings is 2. The Bertz CT molecular complexity index is 1200. The summed E-state index contributed by atoms with van der Waals surface area (Å²) in [5.41, 5.74) is 8.84. The lowest BCUT2D eigenvalue weighted by Gasteiger charge is -2.03. The predicted octanol–water partition coefficient (Wildman–Crippen LogP) is 3.56. The summed E-state index contributed by atoms with van der Waals surface area (Å²) >= 11 is 1.17. The van der Waals surface area contributed by atoms with Crippen LogP contribution in [0.15, 0.2) is 64.5 Å². The average Bonchev–Trinajstić information content (AvgIpc) is 3.22. The van der Waals surface area contributed by atoms with Crippen LogP contribution in [0.1, 0.15) is 11.3 Å². The average molecular weight is 420 g/mol. The number of hydrogen-bond acceptors (Lipinski definition) is 7. The molecule has 3 N–H and O–H groups in total. The maximum Gasteiger partial charge on any atom is 0.269 e. The van der Waals surface area contributed by atoms with Gasteiger partial charge in [0.25, 0.3) is 11.6 Å². The topological polar surface area (TPSA) is 128 Å². The van der Waals surface area contributed by atoms with Gasteiger partial charge in [-0.3, -0.25) is 14.9 Å². The van der Waals surface area contributed by atoms with Gasteiger partial charge in [-0.05, 0) is 54.6 Å². The van der Waals surface area contributed by atoms with Crippen LogP contribution in [0.25, 0.3) is 11.8 Å². The van der Waals surface area contributed by atoms with E-state index in [1.54, 1.807) is 29.8 Å². The smallest absolute Gasteiger partial charge is 0.269 e. The van der Waals surface area contributed by atoms with Gasteiger partial charge in [0.05, 0.1) is 21.2 Å². The first-order valence-electron chi connectivity index (χ1n) is 8.87. The summed E-state index contributed by atoms with van der Waals surface area (Å²) in [4.78, 5) is 27.5. The van der Waals surface area contributed by atoms with E-state index in [2.05, 4.69) is 15.4 Å². The third-order valence-electron chi connectivity index (χ3n) is 4.33. The summed E-state index contributed by atoms with van der Waals surface area (Å²) in [6.45, 7) is 1.80. The predicted molar refractivity (Wildman–Crippen MR) is 117 cm³/mol. The van der Waals surface area contributed by atoms with Gasteiger partial charge in [0.15, 0.2) is 11.0 Å². The summed E-state index contributed by atoms with van der Waals surface area (Å²) in [6.07, 6.45) is 1.65. The van der Waals surface area contributed by atoms with Gasteiger partial charge >= 0.3 is 0 Å². The normalized spacial score (nSPS) is 16.2. The molecule has 2 heterocycles. The van der Waals surface area contributed by atoms with Crippen LogP contribution in [0.5, 0.6) is 0 Å². The second-order valence-corrected chi connectivity index (χ2v) is 7.43. The van der Waals surface area contributed by atoms with E-state index < -0.39 is 4.92 Å². The number of non-ortho nitro benzene ring substituents is 1. The molecule has 30 heavy (non-hydrogen) atoms. The number of amidine groups is 1. The summed E-state index contributed by atoms with van der Waals surface area (Å²) in [6, 6.07) is 15.4. The highest BCUT2D eigenvalue weighted by molar-refractivity contribution is 8.18. The zero-order valence-electron chi connectivity index (χ0n) is 15.8. The molecule has 10 heteroatoms. The van der Waals surface area contributed by atoms with Crippen molar-refractivity contribution in [1.29, 1.82) is 0 Å². The molecule has 1 saturated heterocycles. The highest BCUT2D eigenvalue weighted by atomic mass is 32.2. The van der Waals surface area contributed by atoms with Crippen LogP contribution in [0, 0.1) is 17.0 Å². The number of anilines is 1. The number of thioether (sulfide) groups is 1. The Morgan fingerprint density at radius 1 is 1.20 bits per heavy atom. The lowest BCUT2D eigenvalue weighted by atomic mass is 10.2. The molecule has 9 nitrogen and oxygen atoms in total. The lowest BCUT2D eigenvalue weighted by molar-refractivity contribution is -0.384. The quantitative estimate of drug-likeness (QED) is 0.377. The number of carbonyl (C=O) groups excluding carboxylic acids is 1. The third-order valence-corrected chi connectivity index (χ3v) is 5.24. The number of carbonyl (C=O) groups is 1. The fraction of sp³-hybridized carbons (Fsp3) is 0.0500. The highest BCUT2D eigenvalue weighted by Crippen LogP contribution is 2.33. The first-order chi connectivity index (χ1) is 14.4. The van der Waals surface area contributed by atoms with E-state index in [-0.39, 0.29) is 11.6 Å². The van der Waals surface area contributed by atoms with Gasteiger partial charge in [0.2, 0.25) is 0 Å². The molecule has 150 valence electrons. The molecule has 1 amide bonds. The summed E-state index contributed by atoms with van der Waals surface area (Å²) < 4.78 is 1.60. The molecule has 4 rings (SSSR count). The maximum absolute atomic E-state index is 12.3. The number of aromatic nitrogens is 2. The molecule has 0 atom stereocenters. The lowest BCUT2D eigenvalue weighted by Crippen LogP contribution is -2.19. The number of para-hydroxylation sites is 1. The van der Waals surface area contributed by atoms with Gasteiger partial charge in [-0.25, -0.2) is 9.67 Å². The van der Waals surface area contributed by atoms with Crippen LogP contribution >= 0.6 is 11.8 Å². The Kier molecular flexibility index (Phi) is 5.07. The summed E-state index contributed by atoms with van der Waals surface area (Å²) in [5, 5.41) is 18.3. The number of aryl methyl sites for hydroxylation is 1. The molecule has 0 unspecified atom stereocenters. The second-order valence-electron chi connectivity index (χ2n) is 6.40. The number of aliphatic imine (C=N–C) groups is 1. The van der Waals surface area contributed by atoms with Crippen LogP contribution in [0.4, 0.5) is 17.2 Å². The molecule has 1 aliphatic rings. The monoisotopic (exact) mass is 420 g/mol. The molecule has 1 aliphatic heterocycles. The zero-order valence-corrected chi connectivity index (χ0v) is 16.6. The van der Waals surface area contributed by atoms with Crippen molar-refractivity contribution in [2.24, 2.45) is 4.99 Å². The minimum atomic E-state index is -0.471. The number of nitrogens with one attached hydrogen (secondary N) is 1. The number of nitrogens with zero attached hydrogens (tertiary/aromatic N) is 4. The van der Waals surface area contributed by atoms with Crippen molar-refractivity contribution in [3.05, 3.63) is 80.9 Å². The van der Waals surface area contributed by atoms with Gasteiger partial charge in [-0.2, -0.15) is 5.10 Å². The van der Waals surface area contributed by atoms with Gasteiger partial charge in [-0.1, -0.05) is 18.2 Å². The number of nitro benzene ring substituents is 1. The van der Waals surface area contributed by atoms with E-state index in [1.165, 1.54) is 23.9 Å². The highest BCUT2D eigenvalue weighted by Gasteiger charge is 2.25. The largest absolute Gasteiger partial charge is 0.382 e. The van der Waals surface area contributed by atoms with Crippen LogP contribution < -0.4 is 11.1 Å². The standard InChI is InChI=1S/C20H16N6O3S/c1-12-17(18(21)25(24-12)14-5-3-2-4-6-14)22-20-23-19(27)16(30-20)11-13-7-9-15(10-8-13)26(28)29/h2-11H,21H2,1H3,(H,22,23,27)/b16-11-. The first-order valence-corrected chi connectivity index (χ1v) is 9.68. The Morgan fingerprint density at radius 2 is 1.90 bits per heavy atom. The van der Waals surface area contributed by atoms with E-state index >= 15 is 0 Å². The molecule has 3 aromatic rings. The molecule has 0 saturated carbocycles. The van der Waals surface area contributed by atoms with Gasteiger partial charge in [-0.15, -0.1) is 0 Å². The van der Waals surface area contributed by atoms with E-state index in [0.717, 1.165) is 5.69 Å². The Morgan fingerprint density at radius 3 is 2.57 bits per heavy atom. The Hall–Kier alpha value is -3.92. The van der Waals surface area contributed by atoms with Crippen LogP contribution in [-0.4, -0.2) is 25.8 Å². The molecular weight excluding hydrogens is 404 g/mol. The van der Waals surface area contributed by atoms with Crippen molar-refractivity contribution in [2.75, 3.05) is 5.73 Å². The molecule has 0 spiro atoms. The molecule has 1 aromatic heterocycles. The minimum absolute atomic E-state index is 0.00990. The number of amides is 1. The fourth-order valence-corrected chi connectivity index (χ4v) is 3.69. The fourth-order valence-electron chi connectivity index (χ4n) is 2.87. The number of nitrogens with two attached hydrogens (primary N) is 1. The van der Waals surface area contributed by atoms with Crippen molar-refractivity contribution >= 4 is 46.1 Å². The van der Waals surface area contributed by atoms with Crippen molar-refractivity contribution in [3.63, 3.8) is 0 Å². The molecule has 1 fully saturated rings. The molecular formula is C20H16N6O3S. The third kappa shape index (κ3) is 3.80. The van der Waals surface area contributed by atoms with Crippen molar-refractivity contribution < 1.29 is 9.72 Å². The summed E-state index contributed by atoms with van der Waals surface area (Å²) in [7, 11) is 0. The Labute approximate surface area is 175 Å². The van der Waals surface area contributed by atoms with E-state index in [9.17, 15) is 14.9 Å². The van der Waals surface area contributed by atoms with Crippen molar-refractivity contribution in [1.82, 2.24) is 15.1 Å². The van der Waals surface area contributed by atoms with E-state index in [0.29, 0.717) is 32.8 Å². The first kappa shape index (κ1) is 19.4.